The number of halogens is 1. The fourth-order valence-electron chi connectivity index (χ4n) is 3.66. The van der Waals surface area contributed by atoms with Crippen LogP contribution in [0.15, 0.2) is 59.1 Å². The van der Waals surface area contributed by atoms with Gasteiger partial charge in [0.25, 0.3) is 0 Å². The molecule has 3 nitrogen and oxygen atoms in total. The van der Waals surface area contributed by atoms with Crippen LogP contribution >= 0.6 is 15.9 Å². The van der Waals surface area contributed by atoms with Crippen molar-refractivity contribution >= 4 is 21.8 Å². The fraction of sp³-hybridized carbons (Fsp3) is 0.435. The Hall–Kier alpha value is -1.65. The summed E-state index contributed by atoms with van der Waals surface area (Å²) in [7, 11) is 0. The lowest BCUT2D eigenvalue weighted by molar-refractivity contribution is -0.127. The van der Waals surface area contributed by atoms with Gasteiger partial charge >= 0.3 is 0 Å². The molecular weight excluding hydrogens is 400 g/mol. The number of carbonyl (C=O) groups is 1. The van der Waals surface area contributed by atoms with Gasteiger partial charge in [0, 0.05) is 23.0 Å². The number of carbonyl (C=O) groups excluding carboxylic acids is 1. The van der Waals surface area contributed by atoms with Crippen LogP contribution in [0, 0.1) is 5.92 Å². The van der Waals surface area contributed by atoms with Gasteiger partial charge in [-0.3, -0.25) is 9.69 Å². The summed E-state index contributed by atoms with van der Waals surface area (Å²) in [5.74, 6) is 0.393. The molecule has 144 valence electrons. The van der Waals surface area contributed by atoms with Gasteiger partial charge in [-0.25, -0.2) is 0 Å². The molecule has 1 amide bonds. The molecule has 27 heavy (non-hydrogen) atoms. The van der Waals surface area contributed by atoms with Crippen molar-refractivity contribution in [1.29, 1.82) is 0 Å². The number of amides is 1. The van der Waals surface area contributed by atoms with Crippen molar-refractivity contribution < 1.29 is 4.79 Å². The molecule has 1 atom stereocenters. The third kappa shape index (κ3) is 6.47. The number of benzene rings is 2. The van der Waals surface area contributed by atoms with E-state index < -0.39 is 0 Å². The van der Waals surface area contributed by atoms with E-state index in [2.05, 4.69) is 81.6 Å². The van der Waals surface area contributed by atoms with Gasteiger partial charge in [-0.15, -0.1) is 0 Å². The van der Waals surface area contributed by atoms with Crippen molar-refractivity contribution in [2.45, 2.75) is 45.2 Å². The van der Waals surface area contributed by atoms with Crippen molar-refractivity contribution in [3.05, 3.63) is 70.2 Å². The quantitative estimate of drug-likeness (QED) is 0.686. The summed E-state index contributed by atoms with van der Waals surface area (Å²) in [5.41, 5.74) is 2.66. The van der Waals surface area contributed by atoms with Crippen molar-refractivity contribution in [3.8, 4) is 0 Å². The number of piperidine rings is 1. The van der Waals surface area contributed by atoms with Crippen LogP contribution in [0.1, 0.15) is 37.3 Å². The minimum Gasteiger partial charge on any atom is -0.353 e. The molecule has 0 saturated carbocycles. The van der Waals surface area contributed by atoms with E-state index in [9.17, 15) is 4.79 Å². The first-order valence-electron chi connectivity index (χ1n) is 9.91. The standard InChI is InChI=1S/C23H29BrN2O/c1-18(7-8-19-5-3-2-4-6-19)25-23(27)21-13-15-26(16-14-21)17-20-9-11-22(24)12-10-20/h2-6,9-12,18,21H,7-8,13-17H2,1H3,(H,25,27)/t18-/m1/s1. The second-order valence-electron chi connectivity index (χ2n) is 7.61. The monoisotopic (exact) mass is 428 g/mol. The summed E-state index contributed by atoms with van der Waals surface area (Å²) in [6.07, 6.45) is 3.90. The van der Waals surface area contributed by atoms with Crippen LogP contribution in [-0.2, 0) is 17.8 Å². The van der Waals surface area contributed by atoms with Crippen LogP contribution in [0.2, 0.25) is 0 Å². The van der Waals surface area contributed by atoms with Crippen molar-refractivity contribution in [1.82, 2.24) is 10.2 Å². The highest BCUT2D eigenvalue weighted by Gasteiger charge is 2.25. The molecule has 2 aromatic rings. The minimum absolute atomic E-state index is 0.158. The fourth-order valence-corrected chi connectivity index (χ4v) is 3.93. The first kappa shape index (κ1) is 20.1. The van der Waals surface area contributed by atoms with Gasteiger partial charge in [-0.05, 0) is 69.0 Å². The zero-order chi connectivity index (χ0) is 19.1. The Labute approximate surface area is 171 Å². The molecule has 0 aliphatic carbocycles. The lowest BCUT2D eigenvalue weighted by Gasteiger charge is -2.32. The Morgan fingerprint density at radius 3 is 2.41 bits per heavy atom. The summed E-state index contributed by atoms with van der Waals surface area (Å²) in [5, 5.41) is 3.23. The molecule has 1 fully saturated rings. The van der Waals surface area contributed by atoms with Gasteiger partial charge < -0.3 is 5.32 Å². The summed E-state index contributed by atoms with van der Waals surface area (Å²) < 4.78 is 1.11. The van der Waals surface area contributed by atoms with Gasteiger partial charge in [-0.1, -0.05) is 58.4 Å². The van der Waals surface area contributed by atoms with E-state index in [1.165, 1.54) is 11.1 Å². The summed E-state index contributed by atoms with van der Waals surface area (Å²) in [6.45, 7) is 5.07. The molecule has 3 rings (SSSR count). The first-order valence-corrected chi connectivity index (χ1v) is 10.7. The van der Waals surface area contributed by atoms with E-state index >= 15 is 0 Å². The maximum absolute atomic E-state index is 12.6. The van der Waals surface area contributed by atoms with Crippen molar-refractivity contribution in [2.75, 3.05) is 13.1 Å². The number of nitrogens with one attached hydrogen (secondary N) is 1. The van der Waals surface area contributed by atoms with E-state index in [0.717, 1.165) is 49.8 Å². The highest BCUT2D eigenvalue weighted by atomic mass is 79.9. The minimum atomic E-state index is 0.158. The third-order valence-corrected chi connectivity index (χ3v) is 5.90. The van der Waals surface area contributed by atoms with Gasteiger partial charge in [0.15, 0.2) is 0 Å². The summed E-state index contributed by atoms with van der Waals surface area (Å²) in [6, 6.07) is 19.2. The molecule has 0 aromatic heterocycles. The normalized spacial score (nSPS) is 16.8. The average molecular weight is 429 g/mol. The average Bonchev–Trinajstić information content (AvgIpc) is 2.69. The van der Waals surface area contributed by atoms with Gasteiger partial charge in [0.05, 0.1) is 0 Å². The Morgan fingerprint density at radius 2 is 1.74 bits per heavy atom. The molecule has 1 N–H and O–H groups in total. The van der Waals surface area contributed by atoms with Crippen LogP contribution in [0.3, 0.4) is 0 Å². The second kappa shape index (κ2) is 10.0. The molecule has 1 heterocycles. The van der Waals surface area contributed by atoms with Crippen LogP contribution in [0.25, 0.3) is 0 Å². The predicted molar refractivity (Wildman–Crippen MR) is 115 cm³/mol. The number of nitrogens with zero attached hydrogens (tertiary/aromatic N) is 1. The number of rotatable bonds is 7. The molecule has 1 saturated heterocycles. The molecule has 4 heteroatoms. The Kier molecular flexibility index (Phi) is 7.48. The van der Waals surface area contributed by atoms with Crippen LogP contribution < -0.4 is 5.32 Å². The number of hydrogen-bond donors (Lipinski definition) is 1. The number of hydrogen-bond acceptors (Lipinski definition) is 2. The summed E-state index contributed by atoms with van der Waals surface area (Å²) in [4.78, 5) is 15.0. The maximum Gasteiger partial charge on any atom is 0.223 e. The maximum atomic E-state index is 12.6. The zero-order valence-electron chi connectivity index (χ0n) is 16.0. The van der Waals surface area contributed by atoms with Crippen molar-refractivity contribution in [2.24, 2.45) is 5.92 Å². The topological polar surface area (TPSA) is 32.3 Å². The molecule has 1 aliphatic heterocycles. The van der Waals surface area contributed by atoms with Gasteiger partial charge in [-0.2, -0.15) is 0 Å². The zero-order valence-corrected chi connectivity index (χ0v) is 17.6. The molecule has 0 unspecified atom stereocenters. The molecule has 0 spiro atoms. The van der Waals surface area contributed by atoms with Crippen molar-refractivity contribution in [3.63, 3.8) is 0 Å². The van der Waals surface area contributed by atoms with Crippen LogP contribution in [0.4, 0.5) is 0 Å². The molecule has 0 bridgehead atoms. The lowest BCUT2D eigenvalue weighted by Crippen LogP contribution is -2.43. The smallest absolute Gasteiger partial charge is 0.223 e. The van der Waals surface area contributed by atoms with E-state index in [0.29, 0.717) is 0 Å². The van der Waals surface area contributed by atoms with Gasteiger partial charge in [0.2, 0.25) is 5.91 Å². The lowest BCUT2D eigenvalue weighted by atomic mass is 9.95. The first-order chi connectivity index (χ1) is 13.1. The third-order valence-electron chi connectivity index (χ3n) is 5.38. The highest BCUT2D eigenvalue weighted by molar-refractivity contribution is 9.10. The van der Waals surface area contributed by atoms with Crippen LogP contribution in [0.5, 0.6) is 0 Å². The van der Waals surface area contributed by atoms with E-state index in [-0.39, 0.29) is 17.9 Å². The molecular formula is C23H29BrN2O. The molecule has 1 aliphatic rings. The number of likely N-dealkylation sites (tertiary alicyclic amines) is 1. The summed E-state index contributed by atoms with van der Waals surface area (Å²) >= 11 is 3.48. The van der Waals surface area contributed by atoms with E-state index in [1.54, 1.807) is 0 Å². The van der Waals surface area contributed by atoms with Crippen LogP contribution in [-0.4, -0.2) is 29.9 Å². The Morgan fingerprint density at radius 1 is 1.07 bits per heavy atom. The predicted octanol–water partition coefficient (Wildman–Crippen LogP) is 4.80. The van der Waals surface area contributed by atoms with Gasteiger partial charge in [0.1, 0.15) is 0 Å². The SMILES string of the molecule is C[C@H](CCc1ccccc1)NC(=O)C1CCN(Cc2ccc(Br)cc2)CC1. The Balaban J connectivity index is 1.38. The second-order valence-corrected chi connectivity index (χ2v) is 8.53. The van der Waals surface area contributed by atoms with E-state index in [1.807, 2.05) is 6.07 Å². The van der Waals surface area contributed by atoms with E-state index in [4.69, 9.17) is 0 Å². The highest BCUT2D eigenvalue weighted by Crippen LogP contribution is 2.20. The molecule has 2 aromatic carbocycles. The Bertz CT molecular complexity index is 709. The largest absolute Gasteiger partial charge is 0.353 e. The number of aryl methyl sites for hydroxylation is 1. The molecule has 0 radical (unpaired) electrons.